The molecular formula is C15H22O. The highest BCUT2D eigenvalue weighted by atomic mass is 16.5. The minimum atomic E-state index is -0.143. The predicted octanol–water partition coefficient (Wildman–Crippen LogP) is 4.46. The molecule has 0 bridgehead atoms. The van der Waals surface area contributed by atoms with Crippen LogP contribution in [0.3, 0.4) is 0 Å². The lowest BCUT2D eigenvalue weighted by Gasteiger charge is -2.22. The summed E-state index contributed by atoms with van der Waals surface area (Å²) in [5.74, 6) is 0.939. The third kappa shape index (κ3) is 3.41. The van der Waals surface area contributed by atoms with Crippen molar-refractivity contribution in [3.05, 3.63) is 35.9 Å². The number of allylic oxidation sites excluding steroid dienone is 1. The Labute approximate surface area is 99.1 Å². The van der Waals surface area contributed by atoms with Crippen LogP contribution in [0.4, 0.5) is 0 Å². The fourth-order valence-corrected chi connectivity index (χ4v) is 1.70. The Morgan fingerprint density at radius 2 is 1.94 bits per heavy atom. The molecule has 0 aliphatic carbocycles. The van der Waals surface area contributed by atoms with E-state index in [1.54, 1.807) is 0 Å². The van der Waals surface area contributed by atoms with Gasteiger partial charge in [0.2, 0.25) is 0 Å². The summed E-state index contributed by atoms with van der Waals surface area (Å²) in [5, 5.41) is 0. The first kappa shape index (κ1) is 12.8. The fraction of sp³-hybridized carbons (Fsp3) is 0.467. The average Bonchev–Trinajstić information content (AvgIpc) is 2.14. The molecule has 0 aromatic heterocycles. The summed E-state index contributed by atoms with van der Waals surface area (Å²) in [6.07, 6.45) is 1.00. The molecule has 88 valence electrons. The zero-order chi connectivity index (χ0) is 12.3. The van der Waals surface area contributed by atoms with Crippen molar-refractivity contribution < 1.29 is 4.74 Å². The van der Waals surface area contributed by atoms with Crippen LogP contribution in [-0.2, 0) is 6.42 Å². The minimum Gasteiger partial charge on any atom is -0.488 e. The van der Waals surface area contributed by atoms with Gasteiger partial charge < -0.3 is 4.74 Å². The Morgan fingerprint density at radius 3 is 2.38 bits per heavy atom. The average molecular weight is 218 g/mol. The molecule has 1 heteroatoms. The predicted molar refractivity (Wildman–Crippen MR) is 70.9 cm³/mol. The van der Waals surface area contributed by atoms with E-state index in [4.69, 9.17) is 4.74 Å². The molecule has 0 atom stereocenters. The summed E-state index contributed by atoms with van der Waals surface area (Å²) in [7, 11) is 0. The first-order valence-corrected chi connectivity index (χ1v) is 5.81. The molecule has 0 radical (unpaired) electrons. The van der Waals surface area contributed by atoms with Crippen molar-refractivity contribution in [3.63, 3.8) is 0 Å². The van der Waals surface area contributed by atoms with E-state index in [0.717, 1.165) is 17.7 Å². The number of hydrogen-bond acceptors (Lipinski definition) is 1. The second-order valence-corrected chi connectivity index (χ2v) is 5.17. The second-order valence-electron chi connectivity index (χ2n) is 5.17. The summed E-state index contributed by atoms with van der Waals surface area (Å²) in [6.45, 7) is 14.4. The molecule has 1 nitrogen and oxygen atoms in total. The van der Waals surface area contributed by atoms with E-state index in [2.05, 4.69) is 46.4 Å². The maximum absolute atomic E-state index is 5.85. The molecule has 0 unspecified atom stereocenters. The molecule has 1 aromatic carbocycles. The van der Waals surface area contributed by atoms with Gasteiger partial charge in [-0.3, -0.25) is 0 Å². The smallest absolute Gasteiger partial charge is 0.120 e. The first-order valence-electron chi connectivity index (χ1n) is 5.81. The van der Waals surface area contributed by atoms with Crippen LogP contribution in [0.5, 0.6) is 5.75 Å². The van der Waals surface area contributed by atoms with Gasteiger partial charge in [-0.05, 0) is 57.4 Å². The molecule has 0 spiro atoms. The van der Waals surface area contributed by atoms with Crippen molar-refractivity contribution in [2.75, 3.05) is 0 Å². The largest absolute Gasteiger partial charge is 0.488 e. The molecule has 16 heavy (non-hydrogen) atoms. The van der Waals surface area contributed by atoms with Crippen LogP contribution in [0, 0.1) is 0 Å². The number of benzene rings is 1. The maximum Gasteiger partial charge on any atom is 0.120 e. The molecule has 0 aliphatic rings. The SMILES string of the molecule is C=C(C)c1ccc(OC(C)(C)C)cc1CC. The van der Waals surface area contributed by atoms with Crippen LogP contribution < -0.4 is 4.74 Å². The molecular weight excluding hydrogens is 196 g/mol. The van der Waals surface area contributed by atoms with E-state index < -0.39 is 0 Å². The molecule has 1 aromatic rings. The Bertz CT molecular complexity index is 383. The third-order valence-electron chi connectivity index (χ3n) is 2.34. The second kappa shape index (κ2) is 4.73. The Hall–Kier alpha value is -1.24. The van der Waals surface area contributed by atoms with E-state index in [9.17, 15) is 0 Å². The van der Waals surface area contributed by atoms with Gasteiger partial charge in [0, 0.05) is 0 Å². The van der Waals surface area contributed by atoms with Gasteiger partial charge in [0.05, 0.1) is 0 Å². The summed E-state index contributed by atoms with van der Waals surface area (Å²) in [6, 6.07) is 6.24. The summed E-state index contributed by atoms with van der Waals surface area (Å²) in [4.78, 5) is 0. The lowest BCUT2D eigenvalue weighted by molar-refractivity contribution is 0.131. The normalized spacial score (nSPS) is 11.3. The van der Waals surface area contributed by atoms with E-state index in [1.165, 1.54) is 11.1 Å². The molecule has 0 N–H and O–H groups in total. The number of ether oxygens (including phenoxy) is 1. The van der Waals surface area contributed by atoms with Gasteiger partial charge in [-0.25, -0.2) is 0 Å². The van der Waals surface area contributed by atoms with Gasteiger partial charge in [-0.15, -0.1) is 0 Å². The zero-order valence-electron chi connectivity index (χ0n) is 11.1. The molecule has 0 heterocycles. The van der Waals surface area contributed by atoms with Gasteiger partial charge in [-0.1, -0.05) is 25.1 Å². The lowest BCUT2D eigenvalue weighted by atomic mass is 10.00. The summed E-state index contributed by atoms with van der Waals surface area (Å²) >= 11 is 0. The number of aryl methyl sites for hydroxylation is 1. The Kier molecular flexibility index (Phi) is 3.79. The van der Waals surface area contributed by atoms with Crippen molar-refractivity contribution in [2.24, 2.45) is 0 Å². The fourth-order valence-electron chi connectivity index (χ4n) is 1.70. The van der Waals surface area contributed by atoms with Crippen LogP contribution in [0.1, 0.15) is 45.7 Å². The van der Waals surface area contributed by atoms with Crippen LogP contribution in [-0.4, -0.2) is 5.60 Å². The van der Waals surface area contributed by atoms with E-state index in [1.807, 2.05) is 13.0 Å². The molecule has 0 fully saturated rings. The molecule has 0 saturated carbocycles. The number of rotatable bonds is 3. The molecule has 1 rings (SSSR count). The number of hydrogen-bond donors (Lipinski definition) is 0. The van der Waals surface area contributed by atoms with Crippen LogP contribution in [0.15, 0.2) is 24.8 Å². The quantitative estimate of drug-likeness (QED) is 0.728. The molecule has 0 saturated heterocycles. The highest BCUT2D eigenvalue weighted by molar-refractivity contribution is 5.65. The van der Waals surface area contributed by atoms with Gasteiger partial charge in [0.1, 0.15) is 11.4 Å². The Balaban J connectivity index is 3.05. The first-order chi connectivity index (χ1) is 7.33. The third-order valence-corrected chi connectivity index (χ3v) is 2.34. The zero-order valence-corrected chi connectivity index (χ0v) is 11.1. The molecule has 0 aliphatic heterocycles. The topological polar surface area (TPSA) is 9.23 Å². The van der Waals surface area contributed by atoms with E-state index >= 15 is 0 Å². The highest BCUT2D eigenvalue weighted by Crippen LogP contribution is 2.25. The lowest BCUT2D eigenvalue weighted by Crippen LogP contribution is -2.23. The van der Waals surface area contributed by atoms with Gasteiger partial charge in [-0.2, -0.15) is 0 Å². The van der Waals surface area contributed by atoms with Crippen LogP contribution in [0.2, 0.25) is 0 Å². The molecule has 0 amide bonds. The highest BCUT2D eigenvalue weighted by Gasteiger charge is 2.12. The summed E-state index contributed by atoms with van der Waals surface area (Å²) < 4.78 is 5.85. The van der Waals surface area contributed by atoms with Crippen molar-refractivity contribution in [2.45, 2.75) is 46.6 Å². The maximum atomic E-state index is 5.85. The van der Waals surface area contributed by atoms with Crippen molar-refractivity contribution >= 4 is 5.57 Å². The van der Waals surface area contributed by atoms with E-state index in [-0.39, 0.29) is 5.60 Å². The standard InChI is InChI=1S/C15H22O/c1-7-12-10-13(16-15(4,5)6)8-9-14(12)11(2)3/h8-10H,2,7H2,1,3-6H3. The van der Waals surface area contributed by atoms with E-state index in [0.29, 0.717) is 0 Å². The summed E-state index contributed by atoms with van der Waals surface area (Å²) in [5.41, 5.74) is 3.51. The van der Waals surface area contributed by atoms with Crippen LogP contribution >= 0.6 is 0 Å². The van der Waals surface area contributed by atoms with Crippen molar-refractivity contribution in [3.8, 4) is 5.75 Å². The Morgan fingerprint density at radius 1 is 1.31 bits per heavy atom. The minimum absolute atomic E-state index is 0.143. The van der Waals surface area contributed by atoms with Crippen molar-refractivity contribution in [1.82, 2.24) is 0 Å². The van der Waals surface area contributed by atoms with Crippen LogP contribution in [0.25, 0.3) is 5.57 Å². The van der Waals surface area contributed by atoms with Crippen molar-refractivity contribution in [1.29, 1.82) is 0 Å². The monoisotopic (exact) mass is 218 g/mol. The van der Waals surface area contributed by atoms with Gasteiger partial charge in [0.25, 0.3) is 0 Å². The van der Waals surface area contributed by atoms with Gasteiger partial charge >= 0.3 is 0 Å². The van der Waals surface area contributed by atoms with Gasteiger partial charge in [0.15, 0.2) is 0 Å².